The van der Waals surface area contributed by atoms with Gasteiger partial charge in [-0.2, -0.15) is 0 Å². The molecule has 1 aromatic carbocycles. The number of allylic oxidation sites excluding steroid dienone is 2. The molecule has 0 amide bonds. The normalized spacial score (nSPS) is 15.7. The Balaban J connectivity index is 2.33. The predicted molar refractivity (Wildman–Crippen MR) is 66.7 cm³/mol. The molecule has 2 nitrogen and oxygen atoms in total. The zero-order valence-corrected chi connectivity index (χ0v) is 9.76. The van der Waals surface area contributed by atoms with Gasteiger partial charge in [0, 0.05) is 5.56 Å². The zero-order valence-electron chi connectivity index (χ0n) is 9.00. The van der Waals surface area contributed by atoms with E-state index in [0.29, 0.717) is 16.3 Å². The minimum Gasteiger partial charge on any atom is -0.398 e. The van der Waals surface area contributed by atoms with Gasteiger partial charge in [0.05, 0.1) is 10.7 Å². The van der Waals surface area contributed by atoms with E-state index in [1.807, 2.05) is 6.08 Å². The highest BCUT2D eigenvalue weighted by Crippen LogP contribution is 2.28. The van der Waals surface area contributed by atoms with Gasteiger partial charge in [-0.3, -0.25) is 4.79 Å². The van der Waals surface area contributed by atoms with Crippen LogP contribution in [0.1, 0.15) is 36.0 Å². The molecule has 0 radical (unpaired) electrons. The number of carbonyl (C=O) groups is 1. The lowest BCUT2D eigenvalue weighted by molar-refractivity contribution is 0.102. The minimum atomic E-state index is 0.0250. The SMILES string of the molecule is Nc1cccc(C(=O)C2=CCCCC2)c1Cl. The van der Waals surface area contributed by atoms with E-state index in [0.717, 1.165) is 24.8 Å². The summed E-state index contributed by atoms with van der Waals surface area (Å²) in [5.74, 6) is 0.0250. The molecular weight excluding hydrogens is 222 g/mol. The number of Topliss-reactive ketones (excluding diaryl/α,β-unsaturated/α-hetero) is 1. The van der Waals surface area contributed by atoms with Crippen molar-refractivity contribution >= 4 is 23.1 Å². The van der Waals surface area contributed by atoms with Gasteiger partial charge >= 0.3 is 0 Å². The summed E-state index contributed by atoms with van der Waals surface area (Å²) in [7, 11) is 0. The predicted octanol–water partition coefficient (Wildman–Crippen LogP) is 3.61. The van der Waals surface area contributed by atoms with Gasteiger partial charge in [-0.25, -0.2) is 0 Å². The molecule has 0 spiro atoms. The molecule has 3 heteroatoms. The third kappa shape index (κ3) is 2.12. The maximum Gasteiger partial charge on any atom is 0.190 e. The van der Waals surface area contributed by atoms with Gasteiger partial charge < -0.3 is 5.73 Å². The fourth-order valence-electron chi connectivity index (χ4n) is 1.94. The summed E-state index contributed by atoms with van der Waals surface area (Å²) >= 11 is 6.03. The molecule has 1 aliphatic carbocycles. The van der Waals surface area contributed by atoms with Crippen molar-refractivity contribution < 1.29 is 4.79 Å². The Morgan fingerprint density at radius 1 is 1.31 bits per heavy atom. The van der Waals surface area contributed by atoms with E-state index in [-0.39, 0.29) is 5.78 Å². The van der Waals surface area contributed by atoms with Crippen LogP contribution in [0.5, 0.6) is 0 Å². The summed E-state index contributed by atoms with van der Waals surface area (Å²) in [6, 6.07) is 5.20. The zero-order chi connectivity index (χ0) is 11.5. The number of carbonyl (C=O) groups excluding carboxylic acids is 1. The van der Waals surface area contributed by atoms with Gasteiger partial charge in [0.15, 0.2) is 5.78 Å². The molecule has 0 atom stereocenters. The van der Waals surface area contributed by atoms with Crippen LogP contribution in [-0.2, 0) is 0 Å². The molecular formula is C13H14ClNO. The first-order valence-electron chi connectivity index (χ1n) is 5.48. The van der Waals surface area contributed by atoms with Crippen LogP contribution in [0.3, 0.4) is 0 Å². The fourth-order valence-corrected chi connectivity index (χ4v) is 2.15. The molecule has 0 heterocycles. The van der Waals surface area contributed by atoms with Gasteiger partial charge in [0.25, 0.3) is 0 Å². The summed E-state index contributed by atoms with van der Waals surface area (Å²) < 4.78 is 0. The Morgan fingerprint density at radius 3 is 2.81 bits per heavy atom. The van der Waals surface area contributed by atoms with E-state index in [4.69, 9.17) is 17.3 Å². The number of nitrogen functional groups attached to an aromatic ring is 1. The summed E-state index contributed by atoms with van der Waals surface area (Å²) in [6.07, 6.45) is 6.11. The van der Waals surface area contributed by atoms with Crippen molar-refractivity contribution in [3.63, 3.8) is 0 Å². The maximum absolute atomic E-state index is 12.2. The van der Waals surface area contributed by atoms with E-state index in [2.05, 4.69) is 0 Å². The molecule has 0 saturated carbocycles. The van der Waals surface area contributed by atoms with Gasteiger partial charge in [0.2, 0.25) is 0 Å². The van der Waals surface area contributed by atoms with Crippen molar-refractivity contribution in [2.24, 2.45) is 0 Å². The lowest BCUT2D eigenvalue weighted by atomic mass is 9.93. The van der Waals surface area contributed by atoms with Gasteiger partial charge in [-0.15, -0.1) is 0 Å². The van der Waals surface area contributed by atoms with Crippen LogP contribution in [0, 0.1) is 0 Å². The van der Waals surface area contributed by atoms with Crippen molar-refractivity contribution in [3.8, 4) is 0 Å². The molecule has 16 heavy (non-hydrogen) atoms. The molecule has 1 aromatic rings. The van der Waals surface area contributed by atoms with Crippen LogP contribution in [0.2, 0.25) is 5.02 Å². The van der Waals surface area contributed by atoms with Crippen molar-refractivity contribution in [2.75, 3.05) is 5.73 Å². The topological polar surface area (TPSA) is 43.1 Å². The third-order valence-electron chi connectivity index (χ3n) is 2.86. The largest absolute Gasteiger partial charge is 0.398 e. The van der Waals surface area contributed by atoms with E-state index in [1.165, 1.54) is 6.42 Å². The molecule has 0 unspecified atom stereocenters. The van der Waals surface area contributed by atoms with E-state index < -0.39 is 0 Å². The highest BCUT2D eigenvalue weighted by atomic mass is 35.5. The second-order valence-electron chi connectivity index (χ2n) is 4.01. The first-order chi connectivity index (χ1) is 7.70. The van der Waals surface area contributed by atoms with Crippen molar-refractivity contribution in [3.05, 3.63) is 40.4 Å². The lowest BCUT2D eigenvalue weighted by Gasteiger charge is -2.12. The highest BCUT2D eigenvalue weighted by molar-refractivity contribution is 6.37. The van der Waals surface area contributed by atoms with Crippen molar-refractivity contribution in [2.45, 2.75) is 25.7 Å². The number of halogens is 1. The molecule has 0 fully saturated rings. The average Bonchev–Trinajstić information content (AvgIpc) is 2.33. The lowest BCUT2D eigenvalue weighted by Crippen LogP contribution is -2.07. The summed E-state index contributed by atoms with van der Waals surface area (Å²) in [5, 5.41) is 0.374. The highest BCUT2D eigenvalue weighted by Gasteiger charge is 2.17. The van der Waals surface area contributed by atoms with Crippen LogP contribution in [0.4, 0.5) is 5.69 Å². The molecule has 0 aromatic heterocycles. The minimum absolute atomic E-state index is 0.0250. The van der Waals surface area contributed by atoms with Crippen molar-refractivity contribution in [1.82, 2.24) is 0 Å². The van der Waals surface area contributed by atoms with Crippen molar-refractivity contribution in [1.29, 1.82) is 0 Å². The molecule has 2 rings (SSSR count). The number of rotatable bonds is 2. The second kappa shape index (κ2) is 4.71. The number of hydrogen-bond acceptors (Lipinski definition) is 2. The number of hydrogen-bond donors (Lipinski definition) is 1. The Morgan fingerprint density at radius 2 is 2.12 bits per heavy atom. The molecule has 84 valence electrons. The van der Waals surface area contributed by atoms with Crippen LogP contribution < -0.4 is 5.73 Å². The van der Waals surface area contributed by atoms with Gasteiger partial charge in [0.1, 0.15) is 0 Å². The first kappa shape index (κ1) is 11.2. The van der Waals surface area contributed by atoms with Crippen LogP contribution in [-0.4, -0.2) is 5.78 Å². The molecule has 1 aliphatic rings. The average molecular weight is 236 g/mol. The van der Waals surface area contributed by atoms with E-state index >= 15 is 0 Å². The number of anilines is 1. The first-order valence-corrected chi connectivity index (χ1v) is 5.85. The molecule has 2 N–H and O–H groups in total. The van der Waals surface area contributed by atoms with Crippen LogP contribution >= 0.6 is 11.6 Å². The molecule has 0 bridgehead atoms. The Hall–Kier alpha value is -1.28. The third-order valence-corrected chi connectivity index (χ3v) is 3.28. The standard InChI is InChI=1S/C13H14ClNO/c14-12-10(7-4-8-11(12)15)13(16)9-5-2-1-3-6-9/h4-5,7-8H,1-3,6,15H2. The monoisotopic (exact) mass is 235 g/mol. The number of benzene rings is 1. The van der Waals surface area contributed by atoms with Crippen LogP contribution in [0.25, 0.3) is 0 Å². The number of nitrogens with two attached hydrogens (primary N) is 1. The van der Waals surface area contributed by atoms with Crippen LogP contribution in [0.15, 0.2) is 29.8 Å². The Kier molecular flexibility index (Phi) is 3.30. The fraction of sp³-hybridized carbons (Fsp3) is 0.308. The second-order valence-corrected chi connectivity index (χ2v) is 4.39. The van der Waals surface area contributed by atoms with E-state index in [1.54, 1.807) is 18.2 Å². The van der Waals surface area contributed by atoms with Gasteiger partial charge in [-0.1, -0.05) is 23.7 Å². The van der Waals surface area contributed by atoms with Gasteiger partial charge in [-0.05, 0) is 43.4 Å². The maximum atomic E-state index is 12.2. The summed E-state index contributed by atoms with van der Waals surface area (Å²) in [4.78, 5) is 12.2. The molecule has 0 aliphatic heterocycles. The Labute approximate surface area is 100 Å². The number of ketones is 1. The summed E-state index contributed by atoms with van der Waals surface area (Å²) in [5.41, 5.74) is 7.54. The summed E-state index contributed by atoms with van der Waals surface area (Å²) in [6.45, 7) is 0. The van der Waals surface area contributed by atoms with E-state index in [9.17, 15) is 4.79 Å². The molecule has 0 saturated heterocycles. The Bertz CT molecular complexity index is 451. The quantitative estimate of drug-likeness (QED) is 0.629. The smallest absolute Gasteiger partial charge is 0.190 e.